The van der Waals surface area contributed by atoms with Crippen molar-refractivity contribution in [3.05, 3.63) is 35.3 Å². The van der Waals surface area contributed by atoms with Crippen LogP contribution in [0.2, 0.25) is 0 Å². The van der Waals surface area contributed by atoms with Gasteiger partial charge in [0.05, 0.1) is 18.7 Å². The van der Waals surface area contributed by atoms with Crippen molar-refractivity contribution in [2.75, 3.05) is 20.2 Å². The molecule has 3 rings (SSSR count). The molecule has 0 unspecified atom stereocenters. The van der Waals surface area contributed by atoms with Gasteiger partial charge in [-0.15, -0.1) is 11.3 Å². The second-order valence-electron chi connectivity index (χ2n) is 8.23. The average Bonchev–Trinajstić information content (AvgIpc) is 3.20. The van der Waals surface area contributed by atoms with Crippen molar-refractivity contribution in [2.45, 2.75) is 45.8 Å². The van der Waals surface area contributed by atoms with Crippen LogP contribution in [0.5, 0.6) is 5.75 Å². The fourth-order valence-corrected chi connectivity index (χ4v) is 3.95. The molecule has 0 aliphatic carbocycles. The first kappa shape index (κ1) is 22.1. The van der Waals surface area contributed by atoms with E-state index >= 15 is 0 Å². The van der Waals surface area contributed by atoms with Gasteiger partial charge in [0.15, 0.2) is 0 Å². The van der Waals surface area contributed by atoms with E-state index < -0.39 is 5.60 Å². The number of methoxy groups -OCH3 is 1. The Morgan fingerprint density at radius 2 is 1.97 bits per heavy atom. The van der Waals surface area contributed by atoms with Crippen molar-refractivity contribution in [3.8, 4) is 16.3 Å². The smallest absolute Gasteiger partial charge is 0.410 e. The molecule has 1 saturated heterocycles. The maximum atomic E-state index is 12.4. The summed E-state index contributed by atoms with van der Waals surface area (Å²) in [6.45, 7) is 6.65. The molecule has 0 N–H and O–H groups in total. The van der Waals surface area contributed by atoms with Crippen molar-refractivity contribution in [1.29, 1.82) is 0 Å². The van der Waals surface area contributed by atoms with E-state index in [9.17, 15) is 9.59 Å². The van der Waals surface area contributed by atoms with Gasteiger partial charge in [0, 0.05) is 24.0 Å². The standard InChI is InChI=1S/C22H28N2O5S/c1-22(2,3)29-21(26)24-10-8-15(9-11-24)20(25)28-13-17-14-30-19(23-17)16-6-5-7-18(12-16)27-4/h5-7,12,14-15H,8-11,13H2,1-4H3. The first-order valence-corrected chi connectivity index (χ1v) is 10.9. The predicted octanol–water partition coefficient (Wildman–Crippen LogP) is 4.51. The zero-order valence-electron chi connectivity index (χ0n) is 17.8. The van der Waals surface area contributed by atoms with E-state index in [1.807, 2.05) is 50.4 Å². The molecule has 8 heteroatoms. The lowest BCUT2D eigenvalue weighted by atomic mass is 9.97. The molecule has 1 amide bonds. The predicted molar refractivity (Wildman–Crippen MR) is 114 cm³/mol. The second-order valence-corrected chi connectivity index (χ2v) is 9.08. The quantitative estimate of drug-likeness (QED) is 0.647. The summed E-state index contributed by atoms with van der Waals surface area (Å²) in [6, 6.07) is 7.69. The average molecular weight is 433 g/mol. The first-order chi connectivity index (χ1) is 14.2. The Morgan fingerprint density at radius 1 is 1.23 bits per heavy atom. The molecule has 1 fully saturated rings. The Labute approximate surface area is 181 Å². The minimum Gasteiger partial charge on any atom is -0.497 e. The Morgan fingerprint density at radius 3 is 2.63 bits per heavy atom. The highest BCUT2D eigenvalue weighted by molar-refractivity contribution is 7.13. The number of nitrogens with zero attached hydrogens (tertiary/aromatic N) is 2. The maximum Gasteiger partial charge on any atom is 0.410 e. The summed E-state index contributed by atoms with van der Waals surface area (Å²) in [7, 11) is 1.63. The SMILES string of the molecule is COc1cccc(-c2nc(COC(=O)C3CCN(C(=O)OC(C)(C)C)CC3)cs2)c1. The number of likely N-dealkylation sites (tertiary alicyclic amines) is 1. The number of ether oxygens (including phenoxy) is 3. The van der Waals surface area contributed by atoms with Crippen LogP contribution in [0.3, 0.4) is 0 Å². The van der Waals surface area contributed by atoms with Gasteiger partial charge in [0.1, 0.15) is 23.0 Å². The van der Waals surface area contributed by atoms with E-state index in [0.717, 1.165) is 22.0 Å². The van der Waals surface area contributed by atoms with Gasteiger partial charge in [-0.1, -0.05) is 12.1 Å². The van der Waals surface area contributed by atoms with Crippen LogP contribution in [-0.4, -0.2) is 47.7 Å². The largest absolute Gasteiger partial charge is 0.497 e. The monoisotopic (exact) mass is 432 g/mol. The second kappa shape index (κ2) is 9.47. The van der Waals surface area contributed by atoms with E-state index in [1.54, 1.807) is 12.0 Å². The highest BCUT2D eigenvalue weighted by atomic mass is 32.1. The molecule has 2 heterocycles. The number of hydrogen-bond acceptors (Lipinski definition) is 7. The Bertz CT molecular complexity index is 882. The van der Waals surface area contributed by atoms with Gasteiger partial charge in [0.25, 0.3) is 0 Å². The van der Waals surface area contributed by atoms with Crippen LogP contribution in [0.4, 0.5) is 4.79 Å². The van der Waals surface area contributed by atoms with Crippen molar-refractivity contribution < 1.29 is 23.8 Å². The Kier molecular flexibility index (Phi) is 6.97. The molecule has 1 aromatic heterocycles. The molecular weight excluding hydrogens is 404 g/mol. The zero-order chi connectivity index (χ0) is 21.7. The molecule has 0 atom stereocenters. The summed E-state index contributed by atoms with van der Waals surface area (Å²) in [5.41, 5.74) is 1.16. The molecule has 1 aliphatic heterocycles. The lowest BCUT2D eigenvalue weighted by Crippen LogP contribution is -2.43. The normalized spacial score (nSPS) is 15.0. The topological polar surface area (TPSA) is 78.0 Å². The summed E-state index contributed by atoms with van der Waals surface area (Å²) in [5, 5.41) is 2.75. The summed E-state index contributed by atoms with van der Waals surface area (Å²) in [4.78, 5) is 30.8. The summed E-state index contributed by atoms with van der Waals surface area (Å²) >= 11 is 1.50. The van der Waals surface area contributed by atoms with Gasteiger partial charge in [0.2, 0.25) is 0 Å². The Hall–Kier alpha value is -2.61. The zero-order valence-corrected chi connectivity index (χ0v) is 18.7. The molecule has 0 radical (unpaired) electrons. The van der Waals surface area contributed by atoms with Crippen LogP contribution in [0.1, 0.15) is 39.3 Å². The molecule has 2 aromatic rings. The molecule has 0 spiro atoms. The fraction of sp³-hybridized carbons (Fsp3) is 0.500. The van der Waals surface area contributed by atoms with Crippen molar-refractivity contribution in [2.24, 2.45) is 5.92 Å². The summed E-state index contributed by atoms with van der Waals surface area (Å²) in [6.07, 6.45) is 0.816. The highest BCUT2D eigenvalue weighted by Crippen LogP contribution is 2.27. The summed E-state index contributed by atoms with van der Waals surface area (Å²) < 4.78 is 16.1. The van der Waals surface area contributed by atoms with Gasteiger partial charge >= 0.3 is 12.1 Å². The number of carbonyl (C=O) groups excluding carboxylic acids is 2. The third-order valence-corrected chi connectivity index (χ3v) is 5.65. The lowest BCUT2D eigenvalue weighted by molar-refractivity contribution is -0.151. The van der Waals surface area contributed by atoms with Gasteiger partial charge in [-0.25, -0.2) is 9.78 Å². The number of amides is 1. The first-order valence-electron chi connectivity index (χ1n) is 9.98. The highest BCUT2D eigenvalue weighted by Gasteiger charge is 2.30. The molecule has 0 bridgehead atoms. The number of thiazole rings is 1. The number of carbonyl (C=O) groups is 2. The van der Waals surface area contributed by atoms with E-state index in [-0.39, 0.29) is 24.6 Å². The molecule has 7 nitrogen and oxygen atoms in total. The van der Waals surface area contributed by atoms with Crippen LogP contribution >= 0.6 is 11.3 Å². The van der Waals surface area contributed by atoms with Crippen molar-refractivity contribution in [1.82, 2.24) is 9.88 Å². The number of aromatic nitrogens is 1. The molecule has 162 valence electrons. The molecular formula is C22H28N2O5S. The molecule has 0 saturated carbocycles. The summed E-state index contributed by atoms with van der Waals surface area (Å²) in [5.74, 6) is 0.323. The number of piperidine rings is 1. The Balaban J connectivity index is 1.47. The number of hydrogen-bond donors (Lipinski definition) is 0. The van der Waals surface area contributed by atoms with E-state index in [0.29, 0.717) is 25.9 Å². The van der Waals surface area contributed by atoms with Crippen LogP contribution < -0.4 is 4.74 Å². The van der Waals surface area contributed by atoms with Gasteiger partial charge in [-0.3, -0.25) is 4.79 Å². The van der Waals surface area contributed by atoms with Crippen molar-refractivity contribution in [3.63, 3.8) is 0 Å². The maximum absolute atomic E-state index is 12.4. The number of esters is 1. The molecule has 1 aliphatic rings. The van der Waals surface area contributed by atoms with Crippen LogP contribution in [0.25, 0.3) is 10.6 Å². The van der Waals surface area contributed by atoms with Gasteiger partial charge < -0.3 is 19.1 Å². The lowest BCUT2D eigenvalue weighted by Gasteiger charge is -2.32. The van der Waals surface area contributed by atoms with Crippen LogP contribution in [0.15, 0.2) is 29.6 Å². The minimum atomic E-state index is -0.524. The van der Waals surface area contributed by atoms with E-state index in [2.05, 4.69) is 4.98 Å². The molecule has 30 heavy (non-hydrogen) atoms. The number of benzene rings is 1. The number of rotatable bonds is 5. The van der Waals surface area contributed by atoms with E-state index in [4.69, 9.17) is 14.2 Å². The third kappa shape index (κ3) is 5.95. The fourth-order valence-electron chi connectivity index (χ4n) is 3.15. The van der Waals surface area contributed by atoms with Crippen LogP contribution in [-0.2, 0) is 20.9 Å². The van der Waals surface area contributed by atoms with Gasteiger partial charge in [-0.2, -0.15) is 0 Å². The van der Waals surface area contributed by atoms with Gasteiger partial charge in [-0.05, 0) is 45.7 Å². The molecule has 1 aromatic carbocycles. The minimum absolute atomic E-state index is 0.144. The van der Waals surface area contributed by atoms with Crippen LogP contribution in [0, 0.1) is 5.92 Å². The van der Waals surface area contributed by atoms with Crippen molar-refractivity contribution >= 4 is 23.4 Å². The third-order valence-electron chi connectivity index (χ3n) is 4.71. The van der Waals surface area contributed by atoms with E-state index in [1.165, 1.54) is 11.3 Å².